The number of benzene rings is 1. The summed E-state index contributed by atoms with van der Waals surface area (Å²) in [5, 5.41) is 0.505. The number of hydrogen-bond acceptors (Lipinski definition) is 5. The van der Waals surface area contributed by atoms with E-state index in [1.54, 1.807) is 24.3 Å². The maximum Gasteiger partial charge on any atom is 0.290 e. The highest BCUT2D eigenvalue weighted by molar-refractivity contribution is 5.99. The number of carbonyl (C=O) groups excluding carboxylic acids is 1. The van der Waals surface area contributed by atoms with E-state index in [9.17, 15) is 9.59 Å². The molecule has 1 amide bonds. The molecule has 6 nitrogen and oxygen atoms in total. The number of pyridine rings is 1. The molecule has 6 heteroatoms. The second-order valence-electron chi connectivity index (χ2n) is 6.86. The van der Waals surface area contributed by atoms with Gasteiger partial charge in [0.1, 0.15) is 11.6 Å². The van der Waals surface area contributed by atoms with Crippen LogP contribution in [-0.2, 0) is 11.2 Å². The van der Waals surface area contributed by atoms with Gasteiger partial charge in [-0.2, -0.15) is 0 Å². The first kappa shape index (κ1) is 18.4. The van der Waals surface area contributed by atoms with Gasteiger partial charge in [-0.25, -0.2) is 0 Å². The standard InChI is InChI=1S/C22H22N2O4/c1-3-14-8-9-17-15(13-14)20(25)18-19(16-7-4-5-10-23-16)24(11-6-12-27-2)22(26)21(18)28-17/h4-5,7-10,13,19H,3,6,11-12H2,1-2H3. The summed E-state index contributed by atoms with van der Waals surface area (Å²) in [7, 11) is 1.62. The third-order valence-corrected chi connectivity index (χ3v) is 5.15. The molecule has 0 saturated heterocycles. The van der Waals surface area contributed by atoms with Crippen molar-refractivity contribution < 1.29 is 13.9 Å². The molecule has 0 N–H and O–H groups in total. The highest BCUT2D eigenvalue weighted by Crippen LogP contribution is 2.37. The van der Waals surface area contributed by atoms with Crippen LogP contribution in [0.4, 0.5) is 0 Å². The number of carbonyl (C=O) groups is 1. The maximum atomic E-state index is 13.4. The Bertz CT molecular complexity index is 1080. The number of hydrogen-bond donors (Lipinski definition) is 0. The lowest BCUT2D eigenvalue weighted by molar-refractivity contribution is 0.0705. The predicted octanol–water partition coefficient (Wildman–Crippen LogP) is 3.33. The van der Waals surface area contributed by atoms with Crippen molar-refractivity contribution in [1.29, 1.82) is 0 Å². The number of nitrogens with zero attached hydrogens (tertiary/aromatic N) is 2. The van der Waals surface area contributed by atoms with Crippen molar-refractivity contribution >= 4 is 16.9 Å². The van der Waals surface area contributed by atoms with E-state index < -0.39 is 6.04 Å². The van der Waals surface area contributed by atoms with Gasteiger partial charge in [0.25, 0.3) is 5.91 Å². The van der Waals surface area contributed by atoms with Crippen LogP contribution in [-0.4, -0.2) is 36.1 Å². The van der Waals surface area contributed by atoms with Crippen LogP contribution >= 0.6 is 0 Å². The third kappa shape index (κ3) is 2.99. The van der Waals surface area contributed by atoms with Gasteiger partial charge in [0.05, 0.1) is 16.6 Å². The topological polar surface area (TPSA) is 72.6 Å². The van der Waals surface area contributed by atoms with Gasteiger partial charge < -0.3 is 14.1 Å². The van der Waals surface area contributed by atoms with Crippen molar-refractivity contribution in [2.45, 2.75) is 25.8 Å². The van der Waals surface area contributed by atoms with Crippen molar-refractivity contribution in [3.05, 3.63) is 75.4 Å². The van der Waals surface area contributed by atoms with Crippen LogP contribution in [0.15, 0.2) is 51.8 Å². The van der Waals surface area contributed by atoms with Gasteiger partial charge in [-0.05, 0) is 42.7 Å². The molecular weight excluding hydrogens is 356 g/mol. The normalized spacial score (nSPS) is 16.0. The van der Waals surface area contributed by atoms with Crippen molar-refractivity contribution in [3.8, 4) is 0 Å². The highest BCUT2D eigenvalue weighted by atomic mass is 16.5. The zero-order valence-electron chi connectivity index (χ0n) is 16.0. The van der Waals surface area contributed by atoms with Crippen molar-refractivity contribution in [3.63, 3.8) is 0 Å². The van der Waals surface area contributed by atoms with Gasteiger partial charge in [0.15, 0.2) is 5.43 Å². The van der Waals surface area contributed by atoms with E-state index in [0.717, 1.165) is 12.0 Å². The first-order valence-corrected chi connectivity index (χ1v) is 9.46. The van der Waals surface area contributed by atoms with E-state index >= 15 is 0 Å². The Morgan fingerprint density at radius 1 is 1.21 bits per heavy atom. The van der Waals surface area contributed by atoms with Crippen molar-refractivity contribution in [2.75, 3.05) is 20.3 Å². The number of amides is 1. The summed E-state index contributed by atoms with van der Waals surface area (Å²) < 4.78 is 11.1. The molecule has 28 heavy (non-hydrogen) atoms. The summed E-state index contributed by atoms with van der Waals surface area (Å²) in [6.07, 6.45) is 3.15. The fourth-order valence-corrected chi connectivity index (χ4v) is 3.74. The molecule has 0 saturated carbocycles. The van der Waals surface area contributed by atoms with E-state index in [-0.39, 0.29) is 17.1 Å². The van der Waals surface area contributed by atoms with Gasteiger partial charge in [-0.15, -0.1) is 0 Å². The van der Waals surface area contributed by atoms with Crippen LogP contribution in [0.5, 0.6) is 0 Å². The molecule has 0 spiro atoms. The number of ether oxygens (including phenoxy) is 1. The van der Waals surface area contributed by atoms with Gasteiger partial charge in [0, 0.05) is 26.5 Å². The Morgan fingerprint density at radius 2 is 2.07 bits per heavy atom. The molecule has 0 fully saturated rings. The van der Waals surface area contributed by atoms with Crippen LogP contribution < -0.4 is 5.43 Å². The molecule has 1 aliphatic rings. The summed E-state index contributed by atoms with van der Waals surface area (Å²) in [4.78, 5) is 32.6. The number of fused-ring (bicyclic) bond motifs is 2. The fourth-order valence-electron chi connectivity index (χ4n) is 3.74. The maximum absolute atomic E-state index is 13.4. The largest absolute Gasteiger partial charge is 0.450 e. The smallest absolute Gasteiger partial charge is 0.290 e. The van der Waals surface area contributed by atoms with E-state index in [1.165, 1.54) is 0 Å². The molecule has 3 heterocycles. The zero-order chi connectivity index (χ0) is 19.7. The fraction of sp³-hybridized carbons (Fsp3) is 0.318. The molecular formula is C22H22N2O4. The van der Waals surface area contributed by atoms with E-state index in [4.69, 9.17) is 9.15 Å². The molecule has 1 aromatic carbocycles. The molecule has 4 rings (SSSR count). The van der Waals surface area contributed by atoms with Gasteiger partial charge in [-0.1, -0.05) is 19.1 Å². The molecule has 1 atom stereocenters. The van der Waals surface area contributed by atoms with E-state index in [2.05, 4.69) is 4.98 Å². The number of rotatable bonds is 6. The average Bonchev–Trinajstić information content (AvgIpc) is 3.01. The lowest BCUT2D eigenvalue weighted by Gasteiger charge is -2.24. The minimum Gasteiger partial charge on any atom is -0.450 e. The minimum atomic E-state index is -0.550. The Hall–Kier alpha value is -2.99. The van der Waals surface area contributed by atoms with Crippen LogP contribution in [0.1, 0.15) is 46.8 Å². The first-order valence-electron chi connectivity index (χ1n) is 9.46. The SMILES string of the molecule is CCc1ccc2oc3c(c(=O)c2c1)C(c1ccccn1)N(CCCOC)C3=O. The summed E-state index contributed by atoms with van der Waals surface area (Å²) in [5.41, 5.74) is 2.36. The van der Waals surface area contributed by atoms with E-state index in [1.807, 2.05) is 37.3 Å². The molecule has 1 unspecified atom stereocenters. The molecule has 144 valence electrons. The number of aryl methyl sites for hydroxylation is 1. The lowest BCUT2D eigenvalue weighted by atomic mass is 10.0. The zero-order valence-corrected chi connectivity index (χ0v) is 16.0. The monoisotopic (exact) mass is 378 g/mol. The minimum absolute atomic E-state index is 0.120. The highest BCUT2D eigenvalue weighted by Gasteiger charge is 2.43. The average molecular weight is 378 g/mol. The Balaban J connectivity index is 1.91. The number of aromatic nitrogens is 1. The molecule has 0 radical (unpaired) electrons. The summed E-state index contributed by atoms with van der Waals surface area (Å²) in [6, 6.07) is 10.5. The van der Waals surface area contributed by atoms with Gasteiger partial charge >= 0.3 is 0 Å². The second-order valence-corrected chi connectivity index (χ2v) is 6.86. The summed E-state index contributed by atoms with van der Waals surface area (Å²) >= 11 is 0. The lowest BCUT2D eigenvalue weighted by Crippen LogP contribution is -2.31. The number of methoxy groups -OCH3 is 1. The summed E-state index contributed by atoms with van der Waals surface area (Å²) in [6.45, 7) is 3.01. The second kappa shape index (κ2) is 7.56. The Labute approximate surface area is 162 Å². The molecule has 2 aromatic heterocycles. The van der Waals surface area contributed by atoms with Crippen molar-refractivity contribution in [2.24, 2.45) is 0 Å². The molecule has 3 aromatic rings. The summed E-state index contributed by atoms with van der Waals surface area (Å²) in [5.74, 6) is -0.157. The Morgan fingerprint density at radius 3 is 2.79 bits per heavy atom. The third-order valence-electron chi connectivity index (χ3n) is 5.15. The van der Waals surface area contributed by atoms with Crippen LogP contribution in [0.2, 0.25) is 0 Å². The molecule has 1 aliphatic heterocycles. The Kier molecular flexibility index (Phi) is 4.96. The van der Waals surface area contributed by atoms with Crippen LogP contribution in [0.3, 0.4) is 0 Å². The quantitative estimate of drug-likeness (QED) is 0.615. The first-order chi connectivity index (χ1) is 13.7. The van der Waals surface area contributed by atoms with Gasteiger partial charge in [0.2, 0.25) is 5.76 Å². The van der Waals surface area contributed by atoms with Crippen molar-refractivity contribution in [1.82, 2.24) is 9.88 Å². The van der Waals surface area contributed by atoms with E-state index in [0.29, 0.717) is 41.8 Å². The predicted molar refractivity (Wildman–Crippen MR) is 105 cm³/mol. The van der Waals surface area contributed by atoms with Crippen LogP contribution in [0, 0.1) is 0 Å². The molecule has 0 bridgehead atoms. The van der Waals surface area contributed by atoms with Gasteiger partial charge in [-0.3, -0.25) is 14.6 Å². The molecule has 0 aliphatic carbocycles. The van der Waals surface area contributed by atoms with Crippen LogP contribution in [0.25, 0.3) is 11.0 Å².